The number of rotatable bonds is 2. The third-order valence-electron chi connectivity index (χ3n) is 3.61. The largest absolute Gasteiger partial charge is 0.398 e. The number of aryl methyl sites for hydroxylation is 1. The van der Waals surface area contributed by atoms with Crippen LogP contribution in [0.1, 0.15) is 5.56 Å². The van der Waals surface area contributed by atoms with Crippen LogP contribution in [-0.4, -0.2) is 8.42 Å². The van der Waals surface area contributed by atoms with E-state index in [9.17, 15) is 8.42 Å². The Kier molecular flexibility index (Phi) is 3.59. The molecule has 0 heterocycles. The van der Waals surface area contributed by atoms with Crippen LogP contribution >= 0.6 is 10.7 Å². The molecule has 0 spiro atoms. The molecule has 3 rings (SSSR count). The maximum atomic E-state index is 11.4. The lowest BCUT2D eigenvalue weighted by atomic mass is 9.98. The van der Waals surface area contributed by atoms with Crippen molar-refractivity contribution < 1.29 is 8.42 Å². The molecule has 0 aliphatic heterocycles. The second-order valence-electron chi connectivity index (χ2n) is 5.25. The summed E-state index contributed by atoms with van der Waals surface area (Å²) in [6, 6.07) is 16.5. The van der Waals surface area contributed by atoms with Crippen molar-refractivity contribution in [3.63, 3.8) is 0 Å². The summed E-state index contributed by atoms with van der Waals surface area (Å²) in [5, 5.41) is 1.75. The Hall–Kier alpha value is -2.04. The van der Waals surface area contributed by atoms with Gasteiger partial charge >= 0.3 is 0 Å². The predicted octanol–water partition coefficient (Wildman–Crippen LogP) is 4.32. The third-order valence-corrected chi connectivity index (χ3v) is 4.96. The molecule has 0 aliphatic carbocycles. The zero-order valence-electron chi connectivity index (χ0n) is 11.9. The lowest BCUT2D eigenvalue weighted by molar-refractivity contribution is 0.609. The van der Waals surface area contributed by atoms with E-state index in [1.807, 2.05) is 43.3 Å². The Balaban J connectivity index is 2.17. The van der Waals surface area contributed by atoms with E-state index in [1.54, 1.807) is 12.1 Å². The van der Waals surface area contributed by atoms with Crippen molar-refractivity contribution >= 4 is 36.2 Å². The second-order valence-corrected chi connectivity index (χ2v) is 7.82. The van der Waals surface area contributed by atoms with Crippen LogP contribution in [0.15, 0.2) is 59.5 Å². The van der Waals surface area contributed by atoms with Gasteiger partial charge in [-0.2, -0.15) is 0 Å². The number of hydrogen-bond donors (Lipinski definition) is 1. The zero-order valence-corrected chi connectivity index (χ0v) is 13.4. The van der Waals surface area contributed by atoms with E-state index < -0.39 is 9.05 Å². The quantitative estimate of drug-likeness (QED) is 0.561. The average molecular weight is 332 g/mol. The van der Waals surface area contributed by atoms with Gasteiger partial charge in [0.15, 0.2) is 0 Å². The maximum absolute atomic E-state index is 11.4. The van der Waals surface area contributed by atoms with Gasteiger partial charge in [-0.3, -0.25) is 0 Å². The molecule has 5 heteroatoms. The molecule has 112 valence electrons. The molecule has 3 nitrogen and oxygen atoms in total. The van der Waals surface area contributed by atoms with E-state index in [2.05, 4.69) is 0 Å². The van der Waals surface area contributed by atoms with Crippen molar-refractivity contribution in [1.29, 1.82) is 0 Å². The van der Waals surface area contributed by atoms with E-state index in [-0.39, 0.29) is 4.90 Å². The maximum Gasteiger partial charge on any atom is 0.261 e. The minimum atomic E-state index is -3.72. The molecule has 3 aromatic carbocycles. The molecule has 0 saturated heterocycles. The van der Waals surface area contributed by atoms with Gasteiger partial charge in [-0.1, -0.05) is 29.8 Å². The summed E-state index contributed by atoms with van der Waals surface area (Å²) in [7, 11) is 1.66. The highest BCUT2D eigenvalue weighted by molar-refractivity contribution is 8.13. The number of nitrogen functional groups attached to an aromatic ring is 1. The summed E-state index contributed by atoms with van der Waals surface area (Å²) in [6.07, 6.45) is 0. The summed E-state index contributed by atoms with van der Waals surface area (Å²) in [6.45, 7) is 2.02. The number of halogens is 1. The molecule has 3 aromatic rings. The fraction of sp³-hybridized carbons (Fsp3) is 0.0588. The van der Waals surface area contributed by atoms with Gasteiger partial charge in [0.2, 0.25) is 0 Å². The van der Waals surface area contributed by atoms with E-state index in [1.165, 1.54) is 6.07 Å². The normalized spacial score (nSPS) is 11.7. The van der Waals surface area contributed by atoms with Crippen LogP contribution in [0.4, 0.5) is 5.69 Å². The number of hydrogen-bond acceptors (Lipinski definition) is 3. The zero-order chi connectivity index (χ0) is 15.9. The van der Waals surface area contributed by atoms with Crippen LogP contribution in [0.3, 0.4) is 0 Å². The monoisotopic (exact) mass is 331 g/mol. The molecular weight excluding hydrogens is 318 g/mol. The first-order valence-electron chi connectivity index (χ1n) is 6.69. The summed E-state index contributed by atoms with van der Waals surface area (Å²) < 4.78 is 22.8. The van der Waals surface area contributed by atoms with Gasteiger partial charge in [-0.05, 0) is 53.6 Å². The van der Waals surface area contributed by atoms with Gasteiger partial charge in [0.05, 0.1) is 4.90 Å². The second kappa shape index (κ2) is 5.30. The van der Waals surface area contributed by atoms with Crippen molar-refractivity contribution in [2.24, 2.45) is 0 Å². The number of fused-ring (bicyclic) bond motifs is 1. The molecule has 0 bridgehead atoms. The highest BCUT2D eigenvalue weighted by Gasteiger charge is 2.11. The summed E-state index contributed by atoms with van der Waals surface area (Å²) in [4.78, 5) is 0.101. The molecule has 0 aromatic heterocycles. The van der Waals surface area contributed by atoms with Gasteiger partial charge in [-0.15, -0.1) is 0 Å². The molecule has 0 amide bonds. The topological polar surface area (TPSA) is 60.2 Å². The predicted molar refractivity (Wildman–Crippen MR) is 91.6 cm³/mol. The Morgan fingerprint density at radius 2 is 1.59 bits per heavy atom. The molecule has 0 fully saturated rings. The fourth-order valence-electron chi connectivity index (χ4n) is 2.46. The third kappa shape index (κ3) is 2.80. The fourth-order valence-corrected chi connectivity index (χ4v) is 3.25. The molecule has 22 heavy (non-hydrogen) atoms. The van der Waals surface area contributed by atoms with Crippen LogP contribution in [0.5, 0.6) is 0 Å². The highest BCUT2D eigenvalue weighted by atomic mass is 35.7. The highest BCUT2D eigenvalue weighted by Crippen LogP contribution is 2.30. The van der Waals surface area contributed by atoms with E-state index >= 15 is 0 Å². The van der Waals surface area contributed by atoms with Crippen molar-refractivity contribution in [2.75, 3.05) is 5.73 Å². The van der Waals surface area contributed by atoms with Crippen molar-refractivity contribution in [3.8, 4) is 11.1 Å². The molecule has 0 unspecified atom stereocenters. The molecule has 0 saturated carbocycles. The van der Waals surface area contributed by atoms with Crippen LogP contribution < -0.4 is 5.73 Å². The molecular formula is C17H14ClNO2S. The minimum Gasteiger partial charge on any atom is -0.398 e. The van der Waals surface area contributed by atoms with Crippen LogP contribution in [0.25, 0.3) is 21.9 Å². The van der Waals surface area contributed by atoms with Crippen molar-refractivity contribution in [1.82, 2.24) is 0 Å². The Morgan fingerprint density at radius 3 is 2.32 bits per heavy atom. The Labute approximate surface area is 133 Å². The van der Waals surface area contributed by atoms with Gasteiger partial charge in [0.25, 0.3) is 9.05 Å². The number of benzene rings is 3. The van der Waals surface area contributed by atoms with E-state index in [4.69, 9.17) is 16.4 Å². The summed E-state index contributed by atoms with van der Waals surface area (Å²) >= 11 is 0. The van der Waals surface area contributed by atoms with Gasteiger partial charge < -0.3 is 5.73 Å². The van der Waals surface area contributed by atoms with Crippen LogP contribution in [0, 0.1) is 6.92 Å². The van der Waals surface area contributed by atoms with Crippen molar-refractivity contribution in [2.45, 2.75) is 11.8 Å². The van der Waals surface area contributed by atoms with Crippen molar-refractivity contribution in [3.05, 3.63) is 60.2 Å². The Morgan fingerprint density at radius 1 is 0.909 bits per heavy atom. The molecule has 0 atom stereocenters. The first-order valence-corrected chi connectivity index (χ1v) is 9.00. The lowest BCUT2D eigenvalue weighted by Crippen LogP contribution is -1.92. The minimum absolute atomic E-state index is 0.101. The first kappa shape index (κ1) is 14.9. The van der Waals surface area contributed by atoms with Crippen LogP contribution in [-0.2, 0) is 9.05 Å². The standard InChI is InChI=1S/C17H14ClNO2S/c1-11-2-7-17(19)16(8-11)14-4-3-13-10-15(22(18,20)21)6-5-12(13)9-14/h2-10H,19H2,1H3. The molecule has 0 radical (unpaired) electrons. The lowest BCUT2D eigenvalue weighted by Gasteiger charge is -2.09. The number of nitrogens with two attached hydrogens (primary N) is 1. The smallest absolute Gasteiger partial charge is 0.261 e. The summed E-state index contributed by atoms with van der Waals surface area (Å²) in [5.41, 5.74) is 9.86. The van der Waals surface area contributed by atoms with Crippen LogP contribution in [0.2, 0.25) is 0 Å². The number of anilines is 1. The van der Waals surface area contributed by atoms with E-state index in [0.717, 1.165) is 27.5 Å². The summed E-state index contributed by atoms with van der Waals surface area (Å²) in [5.74, 6) is 0. The van der Waals surface area contributed by atoms with Gasteiger partial charge in [0, 0.05) is 21.9 Å². The molecule has 0 aliphatic rings. The SMILES string of the molecule is Cc1ccc(N)c(-c2ccc3cc(S(=O)(=O)Cl)ccc3c2)c1. The first-order chi connectivity index (χ1) is 10.3. The molecule has 2 N–H and O–H groups in total. The Bertz CT molecular complexity index is 981. The van der Waals surface area contributed by atoms with E-state index in [0.29, 0.717) is 5.69 Å². The average Bonchev–Trinajstić information content (AvgIpc) is 2.47. The van der Waals surface area contributed by atoms with Gasteiger partial charge in [-0.25, -0.2) is 8.42 Å². The van der Waals surface area contributed by atoms with Gasteiger partial charge in [0.1, 0.15) is 0 Å².